The minimum absolute atomic E-state index is 0.345. The van der Waals surface area contributed by atoms with Gasteiger partial charge in [0.25, 0.3) is 11.8 Å². The molecule has 2 rings (SSSR count). The highest BCUT2D eigenvalue weighted by Crippen LogP contribution is 2.21. The second kappa shape index (κ2) is 6.55. The van der Waals surface area contributed by atoms with Crippen LogP contribution in [0.2, 0.25) is 0 Å². The van der Waals surface area contributed by atoms with Gasteiger partial charge in [-0.1, -0.05) is 0 Å². The van der Waals surface area contributed by atoms with E-state index in [0.29, 0.717) is 17.1 Å². The first-order valence-corrected chi connectivity index (χ1v) is 8.13. The zero-order valence-electron chi connectivity index (χ0n) is 10.4. The Labute approximate surface area is 136 Å². The van der Waals surface area contributed by atoms with E-state index < -0.39 is 0 Å². The van der Waals surface area contributed by atoms with Crippen LogP contribution < -0.4 is 10.9 Å². The highest BCUT2D eigenvalue weighted by atomic mass is 79.9. The normalized spacial score (nSPS) is 10.3. The predicted octanol–water partition coefficient (Wildman–Crippen LogP) is 3.17. The molecule has 0 radical (unpaired) electrons. The fourth-order valence-electron chi connectivity index (χ4n) is 1.60. The lowest BCUT2D eigenvalue weighted by Crippen LogP contribution is -2.42. The van der Waals surface area contributed by atoms with E-state index in [1.165, 1.54) is 11.3 Å². The van der Waals surface area contributed by atoms with Gasteiger partial charge >= 0.3 is 0 Å². The standard InChI is InChI=1S/C12H11Br2N3O2S/c1-2-17-6-7(13)5-8(17)11(18)15-16-12(19)9-3-4-10(14)20-9/h3-6H,2H2,1H3,(H,15,18)(H,16,19). The fraction of sp³-hybridized carbons (Fsp3) is 0.167. The fourth-order valence-corrected chi connectivity index (χ4v) is 3.35. The van der Waals surface area contributed by atoms with E-state index in [0.717, 1.165) is 8.26 Å². The van der Waals surface area contributed by atoms with Crippen molar-refractivity contribution in [1.29, 1.82) is 0 Å². The number of rotatable bonds is 3. The first-order valence-electron chi connectivity index (χ1n) is 5.73. The van der Waals surface area contributed by atoms with Crippen LogP contribution in [0.4, 0.5) is 0 Å². The zero-order chi connectivity index (χ0) is 14.7. The average Bonchev–Trinajstić information content (AvgIpc) is 3.01. The molecule has 0 bridgehead atoms. The van der Waals surface area contributed by atoms with Crippen LogP contribution in [0.25, 0.3) is 0 Å². The molecule has 2 heterocycles. The van der Waals surface area contributed by atoms with Gasteiger partial charge in [-0.05, 0) is 57.0 Å². The summed E-state index contributed by atoms with van der Waals surface area (Å²) in [7, 11) is 0. The molecule has 0 aliphatic carbocycles. The molecule has 5 nitrogen and oxygen atoms in total. The Morgan fingerprint density at radius 3 is 2.55 bits per heavy atom. The second-order valence-electron chi connectivity index (χ2n) is 3.84. The van der Waals surface area contributed by atoms with Crippen molar-refractivity contribution in [2.24, 2.45) is 0 Å². The Hall–Kier alpha value is -1.12. The Morgan fingerprint density at radius 1 is 1.25 bits per heavy atom. The van der Waals surface area contributed by atoms with Crippen molar-refractivity contribution in [1.82, 2.24) is 15.4 Å². The molecule has 2 aromatic rings. The summed E-state index contributed by atoms with van der Waals surface area (Å²) in [6.45, 7) is 2.60. The maximum absolute atomic E-state index is 12.0. The van der Waals surface area contributed by atoms with Gasteiger partial charge in [0.15, 0.2) is 0 Å². The first kappa shape index (κ1) is 15.3. The first-order chi connectivity index (χ1) is 9.51. The molecular weight excluding hydrogens is 410 g/mol. The van der Waals surface area contributed by atoms with E-state index in [1.54, 1.807) is 22.8 Å². The molecule has 2 N–H and O–H groups in total. The molecule has 2 aromatic heterocycles. The van der Waals surface area contributed by atoms with Gasteiger partial charge in [0.1, 0.15) is 5.69 Å². The van der Waals surface area contributed by atoms with E-state index in [4.69, 9.17) is 0 Å². The highest BCUT2D eigenvalue weighted by Gasteiger charge is 2.14. The second-order valence-corrected chi connectivity index (χ2v) is 7.22. The summed E-state index contributed by atoms with van der Waals surface area (Å²) >= 11 is 7.90. The van der Waals surface area contributed by atoms with Crippen LogP contribution in [0, 0.1) is 0 Å². The van der Waals surface area contributed by atoms with Crippen molar-refractivity contribution in [2.45, 2.75) is 13.5 Å². The van der Waals surface area contributed by atoms with Gasteiger partial charge in [-0.15, -0.1) is 11.3 Å². The summed E-state index contributed by atoms with van der Waals surface area (Å²) in [5, 5.41) is 0. The lowest BCUT2D eigenvalue weighted by Gasteiger charge is -2.08. The van der Waals surface area contributed by atoms with Gasteiger partial charge < -0.3 is 4.57 Å². The number of thiophene rings is 1. The number of hydrazine groups is 1. The highest BCUT2D eigenvalue weighted by molar-refractivity contribution is 9.11. The van der Waals surface area contributed by atoms with Gasteiger partial charge in [-0.2, -0.15) is 0 Å². The van der Waals surface area contributed by atoms with Crippen LogP contribution in [0.3, 0.4) is 0 Å². The van der Waals surface area contributed by atoms with Gasteiger partial charge in [0.05, 0.1) is 8.66 Å². The Kier molecular flexibility index (Phi) is 5.00. The smallest absolute Gasteiger partial charge is 0.286 e. The van der Waals surface area contributed by atoms with Crippen LogP contribution >= 0.6 is 43.2 Å². The Balaban J connectivity index is 2.00. The Bertz CT molecular complexity index is 651. The Morgan fingerprint density at radius 2 is 1.95 bits per heavy atom. The lowest BCUT2D eigenvalue weighted by molar-refractivity contribution is 0.0843. The summed E-state index contributed by atoms with van der Waals surface area (Å²) < 4.78 is 3.46. The predicted molar refractivity (Wildman–Crippen MR) is 84.8 cm³/mol. The lowest BCUT2D eigenvalue weighted by atomic mass is 10.4. The molecule has 0 spiro atoms. The molecule has 106 valence electrons. The number of halogens is 2. The number of amides is 2. The molecule has 0 saturated heterocycles. The van der Waals surface area contributed by atoms with E-state index in [9.17, 15) is 9.59 Å². The molecule has 0 aromatic carbocycles. The number of nitrogens with one attached hydrogen (secondary N) is 2. The van der Waals surface area contributed by atoms with Crippen molar-refractivity contribution < 1.29 is 9.59 Å². The van der Waals surface area contributed by atoms with Gasteiger partial charge in [-0.3, -0.25) is 20.4 Å². The molecule has 0 fully saturated rings. The van der Waals surface area contributed by atoms with Crippen molar-refractivity contribution >= 4 is 55.0 Å². The summed E-state index contributed by atoms with van der Waals surface area (Å²) in [4.78, 5) is 24.3. The molecule has 0 aliphatic rings. The van der Waals surface area contributed by atoms with Crippen molar-refractivity contribution in [3.05, 3.63) is 43.2 Å². The molecule has 20 heavy (non-hydrogen) atoms. The third-order valence-corrected chi connectivity index (χ3v) is 4.58. The minimum Gasteiger partial charge on any atom is -0.343 e. The largest absolute Gasteiger partial charge is 0.343 e. The van der Waals surface area contributed by atoms with Crippen molar-refractivity contribution in [3.63, 3.8) is 0 Å². The van der Waals surface area contributed by atoms with Crippen LogP contribution in [0.15, 0.2) is 32.7 Å². The third kappa shape index (κ3) is 3.50. The van der Waals surface area contributed by atoms with Crippen LogP contribution in [-0.2, 0) is 6.54 Å². The SMILES string of the molecule is CCn1cc(Br)cc1C(=O)NNC(=O)c1ccc(Br)s1. The topological polar surface area (TPSA) is 63.1 Å². The van der Waals surface area contributed by atoms with Gasteiger partial charge in [0.2, 0.25) is 0 Å². The molecule has 8 heteroatoms. The minimum atomic E-state index is -0.360. The van der Waals surface area contributed by atoms with E-state index in [1.807, 2.05) is 13.1 Å². The van der Waals surface area contributed by atoms with Crippen LogP contribution in [-0.4, -0.2) is 16.4 Å². The number of hydrogen-bond donors (Lipinski definition) is 2. The van der Waals surface area contributed by atoms with E-state index in [2.05, 4.69) is 42.7 Å². The number of aromatic nitrogens is 1. The molecule has 2 amide bonds. The third-order valence-electron chi connectivity index (χ3n) is 2.52. The summed E-state index contributed by atoms with van der Waals surface area (Å²) in [5.41, 5.74) is 5.28. The maximum atomic E-state index is 12.0. The molecule has 0 saturated carbocycles. The average molecular weight is 421 g/mol. The zero-order valence-corrected chi connectivity index (χ0v) is 14.4. The monoisotopic (exact) mass is 419 g/mol. The number of aryl methyl sites for hydroxylation is 1. The number of carbonyl (C=O) groups excluding carboxylic acids is 2. The number of nitrogens with zero attached hydrogens (tertiary/aromatic N) is 1. The summed E-state index contributed by atoms with van der Waals surface area (Å²) in [5.74, 6) is -0.704. The maximum Gasteiger partial charge on any atom is 0.286 e. The molecule has 0 unspecified atom stereocenters. The van der Waals surface area contributed by atoms with Gasteiger partial charge in [-0.25, -0.2) is 0 Å². The molecular formula is C12H11Br2N3O2S. The van der Waals surface area contributed by atoms with Crippen LogP contribution in [0.1, 0.15) is 27.1 Å². The van der Waals surface area contributed by atoms with E-state index in [-0.39, 0.29) is 11.8 Å². The quantitative estimate of drug-likeness (QED) is 0.749. The van der Waals surface area contributed by atoms with Crippen LogP contribution in [0.5, 0.6) is 0 Å². The number of carbonyl (C=O) groups is 2. The summed E-state index contributed by atoms with van der Waals surface area (Å²) in [6, 6.07) is 5.16. The van der Waals surface area contributed by atoms with Gasteiger partial charge in [0, 0.05) is 17.2 Å². The van der Waals surface area contributed by atoms with E-state index >= 15 is 0 Å². The number of hydrogen-bond acceptors (Lipinski definition) is 3. The van der Waals surface area contributed by atoms with Crippen molar-refractivity contribution in [3.8, 4) is 0 Å². The molecule has 0 atom stereocenters. The molecule has 0 aliphatic heterocycles. The summed E-state index contributed by atoms with van der Waals surface area (Å²) in [6.07, 6.45) is 1.81. The van der Waals surface area contributed by atoms with Crippen molar-refractivity contribution in [2.75, 3.05) is 0 Å².